The largest absolute Gasteiger partial charge is 0.385 e. The normalized spacial score (nSPS) is 12.1. The SMILES string of the molecule is COCCCC(N)C(=O)NCCSc1ccccc1. The van der Waals surface area contributed by atoms with Crippen LogP contribution >= 0.6 is 11.8 Å². The summed E-state index contributed by atoms with van der Waals surface area (Å²) in [5.41, 5.74) is 5.78. The molecule has 5 heteroatoms. The van der Waals surface area contributed by atoms with Gasteiger partial charge in [-0.15, -0.1) is 11.8 Å². The summed E-state index contributed by atoms with van der Waals surface area (Å²) in [7, 11) is 1.65. The highest BCUT2D eigenvalue weighted by atomic mass is 32.2. The summed E-state index contributed by atoms with van der Waals surface area (Å²) in [5, 5.41) is 2.85. The fourth-order valence-corrected chi connectivity index (χ4v) is 2.36. The summed E-state index contributed by atoms with van der Waals surface area (Å²) in [6.07, 6.45) is 1.47. The van der Waals surface area contributed by atoms with Crippen molar-refractivity contribution < 1.29 is 9.53 Å². The first kappa shape index (κ1) is 16.0. The predicted molar refractivity (Wildman–Crippen MR) is 79.3 cm³/mol. The number of carbonyl (C=O) groups is 1. The van der Waals surface area contributed by atoms with E-state index < -0.39 is 6.04 Å². The van der Waals surface area contributed by atoms with Gasteiger partial charge in [-0.05, 0) is 25.0 Å². The molecule has 0 aromatic heterocycles. The van der Waals surface area contributed by atoms with Crippen molar-refractivity contribution >= 4 is 17.7 Å². The van der Waals surface area contributed by atoms with Gasteiger partial charge in [0, 0.05) is 30.9 Å². The van der Waals surface area contributed by atoms with E-state index >= 15 is 0 Å². The van der Waals surface area contributed by atoms with Crippen molar-refractivity contribution in [1.29, 1.82) is 0 Å². The number of nitrogens with two attached hydrogens (primary N) is 1. The van der Waals surface area contributed by atoms with Crippen LogP contribution in [0.25, 0.3) is 0 Å². The molecule has 0 aliphatic heterocycles. The fraction of sp³-hybridized carbons (Fsp3) is 0.500. The van der Waals surface area contributed by atoms with Crippen LogP contribution in [0.2, 0.25) is 0 Å². The summed E-state index contributed by atoms with van der Waals surface area (Å²) < 4.78 is 4.93. The minimum absolute atomic E-state index is 0.0789. The molecule has 3 N–H and O–H groups in total. The molecule has 106 valence electrons. The van der Waals surface area contributed by atoms with E-state index in [0.717, 1.165) is 12.2 Å². The molecule has 0 aliphatic carbocycles. The van der Waals surface area contributed by atoms with Gasteiger partial charge in [0.1, 0.15) is 0 Å². The van der Waals surface area contributed by atoms with Crippen LogP contribution in [-0.4, -0.2) is 38.0 Å². The third-order valence-electron chi connectivity index (χ3n) is 2.61. The number of methoxy groups -OCH3 is 1. The minimum Gasteiger partial charge on any atom is -0.385 e. The Hall–Kier alpha value is -1.04. The van der Waals surface area contributed by atoms with Crippen LogP contribution in [0, 0.1) is 0 Å². The Balaban J connectivity index is 2.09. The van der Waals surface area contributed by atoms with Gasteiger partial charge >= 0.3 is 0 Å². The first-order valence-corrected chi connectivity index (χ1v) is 7.42. The highest BCUT2D eigenvalue weighted by Crippen LogP contribution is 2.15. The number of ether oxygens (including phenoxy) is 1. The van der Waals surface area contributed by atoms with E-state index in [0.29, 0.717) is 19.6 Å². The van der Waals surface area contributed by atoms with Crippen LogP contribution < -0.4 is 11.1 Å². The number of rotatable bonds is 9. The molecule has 0 saturated carbocycles. The average Bonchev–Trinajstić information content (AvgIpc) is 2.44. The zero-order valence-corrected chi connectivity index (χ0v) is 12.1. The number of amides is 1. The molecular weight excluding hydrogens is 260 g/mol. The fourth-order valence-electron chi connectivity index (χ4n) is 1.57. The van der Waals surface area contributed by atoms with Crippen LogP contribution in [0.15, 0.2) is 35.2 Å². The molecule has 1 aromatic rings. The van der Waals surface area contributed by atoms with Crippen LogP contribution in [-0.2, 0) is 9.53 Å². The lowest BCUT2D eigenvalue weighted by atomic mass is 10.1. The Morgan fingerprint density at radius 2 is 2.16 bits per heavy atom. The van der Waals surface area contributed by atoms with Gasteiger partial charge < -0.3 is 15.8 Å². The number of benzene rings is 1. The molecule has 0 spiro atoms. The van der Waals surface area contributed by atoms with Crippen molar-refractivity contribution in [2.75, 3.05) is 26.0 Å². The molecule has 1 atom stereocenters. The average molecular weight is 282 g/mol. The molecule has 1 amide bonds. The monoisotopic (exact) mass is 282 g/mol. The standard InChI is InChI=1S/C14H22N2O2S/c1-18-10-5-8-13(15)14(17)16-9-11-19-12-6-3-2-4-7-12/h2-4,6-7,13H,5,8-11,15H2,1H3,(H,16,17). The lowest BCUT2D eigenvalue weighted by Gasteiger charge is -2.11. The number of hydrogen-bond donors (Lipinski definition) is 2. The molecule has 4 nitrogen and oxygen atoms in total. The maximum atomic E-state index is 11.7. The maximum absolute atomic E-state index is 11.7. The van der Waals surface area contributed by atoms with Crippen molar-refractivity contribution in [1.82, 2.24) is 5.32 Å². The highest BCUT2D eigenvalue weighted by Gasteiger charge is 2.11. The highest BCUT2D eigenvalue weighted by molar-refractivity contribution is 7.99. The van der Waals surface area contributed by atoms with Gasteiger partial charge in [-0.3, -0.25) is 4.79 Å². The molecule has 1 rings (SSSR count). The van der Waals surface area contributed by atoms with E-state index in [1.807, 2.05) is 18.2 Å². The second-order valence-corrected chi connectivity index (χ2v) is 5.36. The molecule has 1 aromatic carbocycles. The van der Waals surface area contributed by atoms with E-state index in [4.69, 9.17) is 10.5 Å². The van der Waals surface area contributed by atoms with Crippen molar-refractivity contribution in [3.63, 3.8) is 0 Å². The Morgan fingerprint density at radius 1 is 1.42 bits per heavy atom. The van der Waals surface area contributed by atoms with E-state index in [1.54, 1.807) is 18.9 Å². The summed E-state index contributed by atoms with van der Waals surface area (Å²) in [4.78, 5) is 12.9. The third kappa shape index (κ3) is 7.20. The first-order chi connectivity index (χ1) is 9.24. The van der Waals surface area contributed by atoms with Gasteiger partial charge in [-0.1, -0.05) is 18.2 Å². The van der Waals surface area contributed by atoms with Gasteiger partial charge in [0.2, 0.25) is 5.91 Å². The van der Waals surface area contributed by atoms with E-state index in [1.165, 1.54) is 4.90 Å². The number of thioether (sulfide) groups is 1. The molecular formula is C14H22N2O2S. The Labute approximate surface area is 119 Å². The number of nitrogens with one attached hydrogen (secondary N) is 1. The van der Waals surface area contributed by atoms with Gasteiger partial charge in [-0.2, -0.15) is 0 Å². The molecule has 0 aliphatic rings. The number of carbonyl (C=O) groups excluding carboxylic acids is 1. The van der Waals surface area contributed by atoms with Gasteiger partial charge in [0.15, 0.2) is 0 Å². The zero-order chi connectivity index (χ0) is 13.9. The zero-order valence-electron chi connectivity index (χ0n) is 11.3. The summed E-state index contributed by atoms with van der Waals surface area (Å²) in [6.45, 7) is 1.28. The van der Waals surface area contributed by atoms with E-state index in [2.05, 4.69) is 17.4 Å². The molecule has 19 heavy (non-hydrogen) atoms. The Kier molecular flexibility index (Phi) is 8.29. The summed E-state index contributed by atoms with van der Waals surface area (Å²) >= 11 is 1.72. The molecule has 1 unspecified atom stereocenters. The molecule has 0 radical (unpaired) electrons. The maximum Gasteiger partial charge on any atom is 0.236 e. The lowest BCUT2D eigenvalue weighted by Crippen LogP contribution is -2.41. The molecule has 0 heterocycles. The van der Waals surface area contributed by atoms with Crippen LogP contribution in [0.1, 0.15) is 12.8 Å². The summed E-state index contributed by atoms with van der Waals surface area (Å²) in [6, 6.07) is 9.69. The van der Waals surface area contributed by atoms with Crippen LogP contribution in [0.3, 0.4) is 0 Å². The van der Waals surface area contributed by atoms with E-state index in [-0.39, 0.29) is 5.91 Å². The van der Waals surface area contributed by atoms with E-state index in [9.17, 15) is 4.79 Å². The smallest absolute Gasteiger partial charge is 0.236 e. The van der Waals surface area contributed by atoms with Gasteiger partial charge in [-0.25, -0.2) is 0 Å². The summed E-state index contributed by atoms with van der Waals surface area (Å²) in [5.74, 6) is 0.769. The first-order valence-electron chi connectivity index (χ1n) is 6.44. The lowest BCUT2D eigenvalue weighted by molar-refractivity contribution is -0.122. The van der Waals surface area contributed by atoms with Crippen molar-refractivity contribution in [3.05, 3.63) is 30.3 Å². The number of hydrogen-bond acceptors (Lipinski definition) is 4. The Bertz CT molecular complexity index is 360. The molecule has 0 saturated heterocycles. The second-order valence-electron chi connectivity index (χ2n) is 4.19. The molecule has 0 bridgehead atoms. The molecule has 0 fully saturated rings. The quantitative estimate of drug-likeness (QED) is 0.534. The van der Waals surface area contributed by atoms with Crippen molar-refractivity contribution in [3.8, 4) is 0 Å². The third-order valence-corrected chi connectivity index (χ3v) is 3.63. The second kappa shape index (κ2) is 9.83. The van der Waals surface area contributed by atoms with Crippen LogP contribution in [0.5, 0.6) is 0 Å². The van der Waals surface area contributed by atoms with Crippen molar-refractivity contribution in [2.45, 2.75) is 23.8 Å². The van der Waals surface area contributed by atoms with Gasteiger partial charge in [0.25, 0.3) is 0 Å². The van der Waals surface area contributed by atoms with Crippen molar-refractivity contribution in [2.24, 2.45) is 5.73 Å². The Morgan fingerprint density at radius 3 is 2.84 bits per heavy atom. The van der Waals surface area contributed by atoms with Crippen LogP contribution in [0.4, 0.5) is 0 Å². The topological polar surface area (TPSA) is 64.3 Å². The van der Waals surface area contributed by atoms with Gasteiger partial charge in [0.05, 0.1) is 6.04 Å². The predicted octanol–water partition coefficient (Wildman–Crippen LogP) is 1.65. The minimum atomic E-state index is -0.433.